The Hall–Kier alpha value is -2.56. The SMILES string of the molecule is COc1cc(N(C)c2ccc(C(=O)O)cc2)ccn1. The fourth-order valence-corrected chi connectivity index (χ4v) is 1.70. The summed E-state index contributed by atoms with van der Waals surface area (Å²) in [6, 6.07) is 10.3. The van der Waals surface area contributed by atoms with Crippen LogP contribution in [0.5, 0.6) is 5.88 Å². The summed E-state index contributed by atoms with van der Waals surface area (Å²) in [6.45, 7) is 0. The van der Waals surface area contributed by atoms with Crippen LogP contribution in [0, 0.1) is 0 Å². The summed E-state index contributed by atoms with van der Waals surface area (Å²) in [7, 11) is 3.46. The van der Waals surface area contributed by atoms with E-state index in [9.17, 15) is 4.79 Å². The van der Waals surface area contributed by atoms with E-state index in [4.69, 9.17) is 9.84 Å². The van der Waals surface area contributed by atoms with Crippen LogP contribution in [0.25, 0.3) is 0 Å². The molecule has 2 aromatic rings. The van der Waals surface area contributed by atoms with Crippen LogP contribution >= 0.6 is 0 Å². The van der Waals surface area contributed by atoms with Gasteiger partial charge in [0, 0.05) is 30.7 Å². The van der Waals surface area contributed by atoms with Crippen LogP contribution in [0.3, 0.4) is 0 Å². The van der Waals surface area contributed by atoms with Gasteiger partial charge in [0.15, 0.2) is 0 Å². The van der Waals surface area contributed by atoms with Crippen LogP contribution in [-0.2, 0) is 0 Å². The van der Waals surface area contributed by atoms with Crippen molar-refractivity contribution >= 4 is 17.3 Å². The Labute approximate surface area is 111 Å². The first-order valence-corrected chi connectivity index (χ1v) is 5.69. The Kier molecular flexibility index (Phi) is 3.66. The molecule has 5 heteroatoms. The van der Waals surface area contributed by atoms with Gasteiger partial charge in [0.05, 0.1) is 12.7 Å². The molecule has 1 heterocycles. The lowest BCUT2D eigenvalue weighted by molar-refractivity contribution is 0.0697. The number of benzene rings is 1. The molecule has 0 aliphatic rings. The van der Waals surface area contributed by atoms with Crippen LogP contribution < -0.4 is 9.64 Å². The van der Waals surface area contributed by atoms with Gasteiger partial charge in [-0.3, -0.25) is 0 Å². The van der Waals surface area contributed by atoms with E-state index in [2.05, 4.69) is 4.98 Å². The molecule has 0 saturated carbocycles. The van der Waals surface area contributed by atoms with E-state index in [0.29, 0.717) is 5.88 Å². The Morgan fingerprint density at radius 2 is 1.89 bits per heavy atom. The lowest BCUT2D eigenvalue weighted by Crippen LogP contribution is -2.10. The van der Waals surface area contributed by atoms with Crippen molar-refractivity contribution in [1.29, 1.82) is 0 Å². The first kappa shape index (κ1) is 12.9. The summed E-state index contributed by atoms with van der Waals surface area (Å²) in [5.41, 5.74) is 2.07. The number of aromatic carboxylic acids is 1. The highest BCUT2D eigenvalue weighted by atomic mass is 16.5. The van der Waals surface area contributed by atoms with Crippen molar-refractivity contribution in [2.75, 3.05) is 19.1 Å². The third-order valence-electron chi connectivity index (χ3n) is 2.82. The molecule has 98 valence electrons. The van der Waals surface area contributed by atoms with E-state index >= 15 is 0 Å². The van der Waals surface area contributed by atoms with E-state index in [1.807, 2.05) is 24.1 Å². The quantitative estimate of drug-likeness (QED) is 0.913. The number of hydrogen-bond donors (Lipinski definition) is 1. The smallest absolute Gasteiger partial charge is 0.335 e. The van der Waals surface area contributed by atoms with Crippen molar-refractivity contribution in [1.82, 2.24) is 4.98 Å². The summed E-state index contributed by atoms with van der Waals surface area (Å²) in [5.74, 6) is -0.397. The van der Waals surface area contributed by atoms with Crippen LogP contribution in [-0.4, -0.2) is 30.2 Å². The van der Waals surface area contributed by atoms with E-state index in [-0.39, 0.29) is 5.56 Å². The average Bonchev–Trinajstić information content (AvgIpc) is 2.46. The lowest BCUT2D eigenvalue weighted by atomic mass is 10.2. The van der Waals surface area contributed by atoms with Crippen molar-refractivity contribution < 1.29 is 14.6 Å². The standard InChI is InChI=1S/C14H14N2O3/c1-16(12-7-8-15-13(9-12)19-2)11-5-3-10(4-6-11)14(17)18/h3-9H,1-2H3,(H,17,18). The fourth-order valence-electron chi connectivity index (χ4n) is 1.70. The van der Waals surface area contributed by atoms with Crippen molar-refractivity contribution in [2.24, 2.45) is 0 Å². The van der Waals surface area contributed by atoms with E-state index in [1.165, 1.54) is 0 Å². The number of ether oxygens (including phenoxy) is 1. The Balaban J connectivity index is 2.27. The molecule has 5 nitrogen and oxygen atoms in total. The van der Waals surface area contributed by atoms with Gasteiger partial charge in [-0.15, -0.1) is 0 Å². The minimum Gasteiger partial charge on any atom is -0.481 e. The Bertz CT molecular complexity index is 581. The number of carbonyl (C=O) groups is 1. The summed E-state index contributed by atoms with van der Waals surface area (Å²) in [6.07, 6.45) is 1.66. The second-order valence-corrected chi connectivity index (χ2v) is 3.97. The second kappa shape index (κ2) is 5.39. The second-order valence-electron chi connectivity index (χ2n) is 3.97. The molecule has 0 radical (unpaired) electrons. The molecule has 0 atom stereocenters. The molecule has 0 fully saturated rings. The molecular weight excluding hydrogens is 244 g/mol. The highest BCUT2D eigenvalue weighted by molar-refractivity contribution is 5.88. The van der Waals surface area contributed by atoms with Crippen LogP contribution in [0.15, 0.2) is 42.6 Å². The minimum absolute atomic E-state index is 0.268. The van der Waals surface area contributed by atoms with Gasteiger partial charge >= 0.3 is 5.97 Å². The normalized spacial score (nSPS) is 10.0. The fraction of sp³-hybridized carbons (Fsp3) is 0.143. The summed E-state index contributed by atoms with van der Waals surface area (Å²) in [4.78, 5) is 16.8. The molecule has 1 N–H and O–H groups in total. The van der Waals surface area contributed by atoms with E-state index in [1.54, 1.807) is 37.6 Å². The molecule has 0 unspecified atom stereocenters. The molecule has 0 aliphatic carbocycles. The first-order chi connectivity index (χ1) is 9.11. The maximum atomic E-state index is 10.8. The molecule has 0 amide bonds. The highest BCUT2D eigenvalue weighted by Gasteiger charge is 2.07. The van der Waals surface area contributed by atoms with Gasteiger partial charge < -0.3 is 14.7 Å². The monoisotopic (exact) mass is 258 g/mol. The predicted octanol–water partition coefficient (Wildman–Crippen LogP) is 2.56. The van der Waals surface area contributed by atoms with Crippen molar-refractivity contribution in [2.45, 2.75) is 0 Å². The number of hydrogen-bond acceptors (Lipinski definition) is 4. The lowest BCUT2D eigenvalue weighted by Gasteiger charge is -2.19. The number of carboxylic acids is 1. The molecule has 0 saturated heterocycles. The van der Waals surface area contributed by atoms with Crippen molar-refractivity contribution in [3.63, 3.8) is 0 Å². The third kappa shape index (κ3) is 2.82. The predicted molar refractivity (Wildman–Crippen MR) is 72.3 cm³/mol. The van der Waals surface area contributed by atoms with Gasteiger partial charge in [-0.05, 0) is 30.3 Å². The third-order valence-corrected chi connectivity index (χ3v) is 2.82. The first-order valence-electron chi connectivity index (χ1n) is 5.69. The molecule has 0 spiro atoms. The topological polar surface area (TPSA) is 62.7 Å². The van der Waals surface area contributed by atoms with E-state index in [0.717, 1.165) is 11.4 Å². The van der Waals surface area contributed by atoms with Gasteiger partial charge in [0.25, 0.3) is 0 Å². The zero-order valence-corrected chi connectivity index (χ0v) is 10.7. The minimum atomic E-state index is -0.931. The van der Waals surface area contributed by atoms with Gasteiger partial charge in [-0.25, -0.2) is 9.78 Å². The molecule has 2 rings (SSSR count). The summed E-state index contributed by atoms with van der Waals surface area (Å²) >= 11 is 0. The zero-order chi connectivity index (χ0) is 13.8. The van der Waals surface area contributed by atoms with Crippen LogP contribution in [0.4, 0.5) is 11.4 Å². The molecule has 19 heavy (non-hydrogen) atoms. The molecular formula is C14H14N2O3. The average molecular weight is 258 g/mol. The number of anilines is 2. The molecule has 0 bridgehead atoms. The summed E-state index contributed by atoms with van der Waals surface area (Å²) in [5, 5.41) is 8.86. The van der Waals surface area contributed by atoms with E-state index < -0.39 is 5.97 Å². The number of methoxy groups -OCH3 is 1. The number of rotatable bonds is 4. The number of pyridine rings is 1. The maximum Gasteiger partial charge on any atom is 0.335 e. The number of nitrogens with zero attached hydrogens (tertiary/aromatic N) is 2. The van der Waals surface area contributed by atoms with Crippen LogP contribution in [0.1, 0.15) is 10.4 Å². The Morgan fingerprint density at radius 3 is 2.47 bits per heavy atom. The largest absolute Gasteiger partial charge is 0.481 e. The van der Waals surface area contributed by atoms with Gasteiger partial charge in [0.2, 0.25) is 5.88 Å². The molecule has 0 aliphatic heterocycles. The Morgan fingerprint density at radius 1 is 1.21 bits per heavy atom. The van der Waals surface area contributed by atoms with Crippen molar-refractivity contribution in [3.05, 3.63) is 48.2 Å². The van der Waals surface area contributed by atoms with Gasteiger partial charge in [0.1, 0.15) is 0 Å². The van der Waals surface area contributed by atoms with Crippen molar-refractivity contribution in [3.8, 4) is 5.88 Å². The van der Waals surface area contributed by atoms with Gasteiger partial charge in [-0.2, -0.15) is 0 Å². The summed E-state index contributed by atoms with van der Waals surface area (Å²) < 4.78 is 5.08. The number of aromatic nitrogens is 1. The highest BCUT2D eigenvalue weighted by Crippen LogP contribution is 2.25. The number of carboxylic acid groups (broad SMARTS) is 1. The van der Waals surface area contributed by atoms with Crippen LogP contribution in [0.2, 0.25) is 0 Å². The molecule has 1 aromatic heterocycles. The zero-order valence-electron chi connectivity index (χ0n) is 10.7. The molecule has 1 aromatic carbocycles. The maximum absolute atomic E-state index is 10.8. The van der Waals surface area contributed by atoms with Gasteiger partial charge in [-0.1, -0.05) is 0 Å².